The zero-order chi connectivity index (χ0) is 22.1. The Bertz CT molecular complexity index is 1150. The third-order valence-corrected chi connectivity index (χ3v) is 6.89. The summed E-state index contributed by atoms with van der Waals surface area (Å²) >= 11 is 0. The lowest BCUT2D eigenvalue weighted by Crippen LogP contribution is -2.27. The van der Waals surface area contributed by atoms with Crippen LogP contribution in [0, 0.1) is 13.8 Å². The van der Waals surface area contributed by atoms with Gasteiger partial charge >= 0.3 is 0 Å². The fourth-order valence-corrected chi connectivity index (χ4v) is 4.60. The lowest BCUT2D eigenvalue weighted by molar-refractivity contribution is 0.336. The fraction of sp³-hybridized carbons (Fsp3) is 0.364. The molecule has 0 atom stereocenters. The van der Waals surface area contributed by atoms with Gasteiger partial charge in [0.2, 0.25) is 21.7 Å². The first kappa shape index (κ1) is 22.0. The number of hydrogen-bond donors (Lipinski definition) is 0. The molecule has 0 fully saturated rings. The zero-order valence-electron chi connectivity index (χ0n) is 18.1. The minimum Gasteiger partial charge on any atom is -0.496 e. The van der Waals surface area contributed by atoms with Gasteiger partial charge in [-0.1, -0.05) is 42.8 Å². The Hall–Kier alpha value is -2.71. The molecule has 160 valence electrons. The maximum Gasteiger partial charge on any atom is 0.243 e. The van der Waals surface area contributed by atoms with E-state index in [-0.39, 0.29) is 23.2 Å². The molecular weight excluding hydrogens is 402 g/mol. The molecule has 0 saturated carbocycles. The Kier molecular flexibility index (Phi) is 6.28. The molecular formula is C22H27N3O4S. The van der Waals surface area contributed by atoms with E-state index < -0.39 is 10.0 Å². The van der Waals surface area contributed by atoms with Crippen molar-refractivity contribution in [3.63, 3.8) is 0 Å². The number of aryl methyl sites for hydroxylation is 2. The van der Waals surface area contributed by atoms with Gasteiger partial charge in [0.25, 0.3) is 0 Å². The van der Waals surface area contributed by atoms with Gasteiger partial charge in [0.15, 0.2) is 0 Å². The van der Waals surface area contributed by atoms with Crippen molar-refractivity contribution in [2.45, 2.75) is 45.1 Å². The molecule has 30 heavy (non-hydrogen) atoms. The lowest BCUT2D eigenvalue weighted by Gasteiger charge is -2.20. The predicted octanol–water partition coefficient (Wildman–Crippen LogP) is 4.31. The van der Waals surface area contributed by atoms with E-state index in [0.717, 1.165) is 16.7 Å². The number of nitrogens with zero attached hydrogens (tertiary/aromatic N) is 3. The highest BCUT2D eigenvalue weighted by molar-refractivity contribution is 7.89. The summed E-state index contributed by atoms with van der Waals surface area (Å²) < 4.78 is 38.4. The van der Waals surface area contributed by atoms with E-state index in [2.05, 4.69) is 10.1 Å². The van der Waals surface area contributed by atoms with E-state index in [4.69, 9.17) is 9.26 Å². The van der Waals surface area contributed by atoms with Crippen molar-refractivity contribution in [1.29, 1.82) is 0 Å². The van der Waals surface area contributed by atoms with Crippen LogP contribution in [-0.4, -0.2) is 37.0 Å². The van der Waals surface area contributed by atoms with Crippen molar-refractivity contribution >= 4 is 10.0 Å². The van der Waals surface area contributed by atoms with Crippen LogP contribution in [0.2, 0.25) is 0 Å². The maximum absolute atomic E-state index is 13.2. The lowest BCUT2D eigenvalue weighted by atomic mass is 10.0. The summed E-state index contributed by atoms with van der Waals surface area (Å²) in [6.45, 7) is 7.71. The highest BCUT2D eigenvalue weighted by Crippen LogP contribution is 2.32. The summed E-state index contributed by atoms with van der Waals surface area (Å²) in [5.41, 5.74) is 3.36. The van der Waals surface area contributed by atoms with E-state index in [1.54, 1.807) is 26.2 Å². The summed E-state index contributed by atoms with van der Waals surface area (Å²) in [5.74, 6) is 1.46. The Morgan fingerprint density at radius 3 is 2.53 bits per heavy atom. The summed E-state index contributed by atoms with van der Waals surface area (Å²) in [7, 11) is -0.671. The largest absolute Gasteiger partial charge is 0.496 e. The molecule has 0 saturated heterocycles. The molecule has 0 aliphatic heterocycles. The molecule has 0 amide bonds. The van der Waals surface area contributed by atoms with Gasteiger partial charge in [0.1, 0.15) is 5.75 Å². The van der Waals surface area contributed by atoms with Crippen LogP contribution in [0.15, 0.2) is 45.8 Å². The average molecular weight is 430 g/mol. The monoisotopic (exact) mass is 429 g/mol. The van der Waals surface area contributed by atoms with Crippen LogP contribution in [-0.2, 0) is 16.6 Å². The number of hydrogen-bond acceptors (Lipinski definition) is 6. The van der Waals surface area contributed by atoms with Gasteiger partial charge in [-0.05, 0) is 49.1 Å². The number of rotatable bonds is 7. The van der Waals surface area contributed by atoms with Gasteiger partial charge in [0.05, 0.1) is 18.6 Å². The summed E-state index contributed by atoms with van der Waals surface area (Å²) in [6, 6.07) is 11.2. The minimum atomic E-state index is -3.76. The van der Waals surface area contributed by atoms with Gasteiger partial charge in [-0.25, -0.2) is 8.42 Å². The third-order valence-electron chi connectivity index (χ3n) is 4.94. The van der Waals surface area contributed by atoms with Crippen LogP contribution in [0.25, 0.3) is 11.4 Å². The summed E-state index contributed by atoms with van der Waals surface area (Å²) in [4.78, 5) is 4.60. The van der Waals surface area contributed by atoms with Crippen LogP contribution < -0.4 is 4.74 Å². The van der Waals surface area contributed by atoms with Crippen LogP contribution in [0.4, 0.5) is 0 Å². The molecule has 0 unspecified atom stereocenters. The minimum absolute atomic E-state index is 0.0242. The maximum atomic E-state index is 13.2. The Morgan fingerprint density at radius 1 is 1.17 bits per heavy atom. The molecule has 1 heterocycles. The Morgan fingerprint density at radius 2 is 1.90 bits per heavy atom. The Balaban J connectivity index is 1.88. The highest BCUT2D eigenvalue weighted by atomic mass is 32.2. The summed E-state index contributed by atoms with van der Waals surface area (Å²) in [5, 5.41) is 3.99. The van der Waals surface area contributed by atoms with Gasteiger partial charge in [0, 0.05) is 12.6 Å². The van der Waals surface area contributed by atoms with Crippen LogP contribution >= 0.6 is 0 Å². The molecule has 3 aromatic rings. The number of methoxy groups -OCH3 is 1. The molecule has 3 rings (SSSR count). The fourth-order valence-electron chi connectivity index (χ4n) is 3.25. The molecule has 0 bridgehead atoms. The van der Waals surface area contributed by atoms with Crippen molar-refractivity contribution < 1.29 is 17.7 Å². The van der Waals surface area contributed by atoms with Gasteiger partial charge in [-0.3, -0.25) is 0 Å². The van der Waals surface area contributed by atoms with Crippen LogP contribution in [0.1, 0.15) is 42.3 Å². The zero-order valence-corrected chi connectivity index (χ0v) is 18.9. The molecule has 2 aromatic carbocycles. The van der Waals surface area contributed by atoms with Crippen LogP contribution in [0.5, 0.6) is 5.75 Å². The second-order valence-corrected chi connectivity index (χ2v) is 9.67. The van der Waals surface area contributed by atoms with E-state index in [9.17, 15) is 8.42 Å². The predicted molar refractivity (Wildman–Crippen MR) is 115 cm³/mol. The van der Waals surface area contributed by atoms with E-state index in [1.807, 2.05) is 45.0 Å². The van der Waals surface area contributed by atoms with Gasteiger partial charge < -0.3 is 9.26 Å². The van der Waals surface area contributed by atoms with Crippen molar-refractivity contribution in [1.82, 2.24) is 14.4 Å². The highest BCUT2D eigenvalue weighted by Gasteiger charge is 2.27. The first-order chi connectivity index (χ1) is 14.1. The average Bonchev–Trinajstić information content (AvgIpc) is 3.15. The molecule has 0 aliphatic carbocycles. The molecule has 0 radical (unpaired) electrons. The first-order valence-electron chi connectivity index (χ1n) is 9.68. The number of ether oxygens (including phenoxy) is 1. The number of benzene rings is 2. The van der Waals surface area contributed by atoms with Crippen molar-refractivity contribution in [3.8, 4) is 17.1 Å². The molecule has 0 N–H and O–H groups in total. The standard InChI is InChI=1S/C22H27N3O4S/c1-14(2)18-12-20(16(4)11-19(18)28-6)30(26,27)25(5)13-21-23-22(24-29-21)17-9-7-8-15(3)10-17/h7-12,14H,13H2,1-6H3. The second-order valence-electron chi connectivity index (χ2n) is 7.66. The first-order valence-corrected chi connectivity index (χ1v) is 11.1. The molecule has 8 heteroatoms. The topological polar surface area (TPSA) is 85.5 Å². The Labute approximate surface area is 177 Å². The van der Waals surface area contributed by atoms with Gasteiger partial charge in [-0.15, -0.1) is 0 Å². The van der Waals surface area contributed by atoms with E-state index >= 15 is 0 Å². The van der Waals surface area contributed by atoms with Crippen molar-refractivity contribution in [3.05, 3.63) is 59.0 Å². The molecule has 1 aromatic heterocycles. The van der Waals surface area contributed by atoms with E-state index in [1.165, 1.54) is 11.4 Å². The second kappa shape index (κ2) is 8.57. The molecule has 7 nitrogen and oxygen atoms in total. The number of aromatic nitrogens is 2. The number of sulfonamides is 1. The molecule has 0 aliphatic rings. The summed E-state index contributed by atoms with van der Waals surface area (Å²) in [6.07, 6.45) is 0. The van der Waals surface area contributed by atoms with Crippen LogP contribution in [0.3, 0.4) is 0 Å². The molecule has 0 spiro atoms. The van der Waals surface area contributed by atoms with E-state index in [0.29, 0.717) is 17.1 Å². The van der Waals surface area contributed by atoms with Crippen molar-refractivity contribution in [2.24, 2.45) is 0 Å². The smallest absolute Gasteiger partial charge is 0.243 e. The quantitative estimate of drug-likeness (QED) is 0.556. The normalized spacial score (nSPS) is 12.0. The van der Waals surface area contributed by atoms with Gasteiger partial charge in [-0.2, -0.15) is 9.29 Å². The van der Waals surface area contributed by atoms with Crippen molar-refractivity contribution in [2.75, 3.05) is 14.2 Å². The third kappa shape index (κ3) is 4.39. The SMILES string of the molecule is COc1cc(C)c(S(=O)(=O)N(C)Cc2nc(-c3cccc(C)c3)no2)cc1C(C)C.